The molecule has 0 aromatic heterocycles. The van der Waals surface area contributed by atoms with Crippen LogP contribution in [-0.4, -0.2) is 35.6 Å². The summed E-state index contributed by atoms with van der Waals surface area (Å²) >= 11 is 0. The Labute approximate surface area is 147 Å². The van der Waals surface area contributed by atoms with E-state index in [1.165, 1.54) is 42.5 Å². The molecule has 2 rings (SSSR count). The molecule has 0 bridgehead atoms. The number of nitro groups is 2. The third-order valence-corrected chi connectivity index (χ3v) is 3.07. The molecule has 10 heteroatoms. The number of rotatable bonds is 9. The van der Waals surface area contributed by atoms with Gasteiger partial charge in [0.15, 0.2) is 12.4 Å². The van der Waals surface area contributed by atoms with Crippen molar-refractivity contribution in [2.24, 2.45) is 0 Å². The fraction of sp³-hybridized carbons (Fsp3) is 0.188. The number of carbonyl (C=O) groups is 1. The first kappa shape index (κ1) is 18.6. The molecule has 0 aliphatic rings. The number of para-hydroxylation sites is 2. The molecule has 0 radical (unpaired) electrons. The fourth-order valence-corrected chi connectivity index (χ4v) is 1.89. The minimum absolute atomic E-state index is 0.0309. The summed E-state index contributed by atoms with van der Waals surface area (Å²) in [5.74, 6) is -0.352. The summed E-state index contributed by atoms with van der Waals surface area (Å²) in [4.78, 5) is 31.8. The Kier molecular flexibility index (Phi) is 6.43. The summed E-state index contributed by atoms with van der Waals surface area (Å²) in [5, 5.41) is 21.4. The number of hydrogen-bond acceptors (Lipinski definition) is 8. The van der Waals surface area contributed by atoms with Gasteiger partial charge in [0.1, 0.15) is 19.0 Å². The third kappa shape index (κ3) is 5.44. The molecule has 26 heavy (non-hydrogen) atoms. The molecule has 136 valence electrons. The van der Waals surface area contributed by atoms with Gasteiger partial charge < -0.3 is 14.2 Å². The van der Waals surface area contributed by atoms with Crippen molar-refractivity contribution in [2.75, 3.05) is 19.8 Å². The van der Waals surface area contributed by atoms with E-state index in [0.29, 0.717) is 5.75 Å². The van der Waals surface area contributed by atoms with Crippen molar-refractivity contribution in [3.05, 3.63) is 68.8 Å². The standard InChI is InChI=1S/C16H14N2O8/c19-16(11-26-15-4-2-1-3-14(15)18(22)23)25-10-9-24-13-7-5-12(6-8-13)17(20)21/h1-8H,9-11H2. The van der Waals surface area contributed by atoms with Gasteiger partial charge >= 0.3 is 11.7 Å². The van der Waals surface area contributed by atoms with E-state index in [0.717, 1.165) is 0 Å². The Hall–Kier alpha value is -3.69. The van der Waals surface area contributed by atoms with Crippen LogP contribution in [-0.2, 0) is 9.53 Å². The van der Waals surface area contributed by atoms with Crippen LogP contribution >= 0.6 is 0 Å². The second-order valence-corrected chi connectivity index (χ2v) is 4.83. The smallest absolute Gasteiger partial charge is 0.344 e. The van der Waals surface area contributed by atoms with Crippen molar-refractivity contribution in [3.8, 4) is 11.5 Å². The highest BCUT2D eigenvalue weighted by Gasteiger charge is 2.15. The molecule has 0 atom stereocenters. The van der Waals surface area contributed by atoms with E-state index in [4.69, 9.17) is 14.2 Å². The highest BCUT2D eigenvalue weighted by Crippen LogP contribution is 2.25. The van der Waals surface area contributed by atoms with Crippen LogP contribution in [0.2, 0.25) is 0 Å². The van der Waals surface area contributed by atoms with Gasteiger partial charge in [0.2, 0.25) is 0 Å². The van der Waals surface area contributed by atoms with E-state index in [2.05, 4.69) is 0 Å². The van der Waals surface area contributed by atoms with Crippen molar-refractivity contribution in [3.63, 3.8) is 0 Å². The number of benzene rings is 2. The number of nitrogens with zero attached hydrogens (tertiary/aromatic N) is 2. The Morgan fingerprint density at radius 2 is 1.58 bits per heavy atom. The van der Waals surface area contributed by atoms with Crippen LogP contribution < -0.4 is 9.47 Å². The maximum Gasteiger partial charge on any atom is 0.344 e. The van der Waals surface area contributed by atoms with Crippen molar-refractivity contribution < 1.29 is 28.9 Å². The third-order valence-electron chi connectivity index (χ3n) is 3.07. The largest absolute Gasteiger partial charge is 0.490 e. The lowest BCUT2D eigenvalue weighted by atomic mass is 10.3. The van der Waals surface area contributed by atoms with Gasteiger partial charge in [-0.1, -0.05) is 12.1 Å². The minimum atomic E-state index is -0.713. The molecule has 0 N–H and O–H groups in total. The van der Waals surface area contributed by atoms with Gasteiger partial charge in [-0.3, -0.25) is 20.2 Å². The van der Waals surface area contributed by atoms with Gasteiger partial charge in [-0.15, -0.1) is 0 Å². The van der Waals surface area contributed by atoms with Gasteiger partial charge in [0.25, 0.3) is 5.69 Å². The second kappa shape index (κ2) is 8.97. The first-order valence-corrected chi connectivity index (χ1v) is 7.36. The predicted octanol–water partition coefficient (Wildman–Crippen LogP) is 2.50. The predicted molar refractivity (Wildman–Crippen MR) is 88.1 cm³/mol. The number of nitro benzene ring substituents is 2. The highest BCUT2D eigenvalue weighted by molar-refractivity contribution is 5.71. The van der Waals surface area contributed by atoms with Crippen molar-refractivity contribution in [1.29, 1.82) is 0 Å². The van der Waals surface area contributed by atoms with Crippen molar-refractivity contribution >= 4 is 17.3 Å². The highest BCUT2D eigenvalue weighted by atomic mass is 16.6. The zero-order valence-electron chi connectivity index (χ0n) is 13.4. The molecule has 2 aromatic rings. The van der Waals surface area contributed by atoms with Crippen LogP contribution in [0.5, 0.6) is 11.5 Å². The van der Waals surface area contributed by atoms with E-state index in [1.807, 2.05) is 0 Å². The molecule has 0 unspecified atom stereocenters. The molecule has 0 heterocycles. The molecule has 0 amide bonds. The number of non-ortho nitro benzene ring substituents is 1. The van der Waals surface area contributed by atoms with E-state index < -0.39 is 22.4 Å². The molecular weight excluding hydrogens is 348 g/mol. The molecule has 2 aromatic carbocycles. The van der Waals surface area contributed by atoms with Gasteiger partial charge in [0, 0.05) is 18.2 Å². The van der Waals surface area contributed by atoms with Gasteiger partial charge in [-0.05, 0) is 18.2 Å². The lowest BCUT2D eigenvalue weighted by molar-refractivity contribution is -0.385. The Balaban J connectivity index is 1.71. The normalized spacial score (nSPS) is 10.0. The van der Waals surface area contributed by atoms with Gasteiger partial charge in [-0.2, -0.15) is 0 Å². The quantitative estimate of drug-likeness (QED) is 0.288. The molecule has 0 aliphatic carbocycles. The first-order valence-electron chi connectivity index (χ1n) is 7.36. The van der Waals surface area contributed by atoms with E-state index in [1.54, 1.807) is 6.07 Å². The van der Waals surface area contributed by atoms with Gasteiger partial charge in [0.05, 0.1) is 9.85 Å². The minimum Gasteiger partial charge on any atom is -0.490 e. The lowest BCUT2D eigenvalue weighted by Gasteiger charge is -2.08. The lowest BCUT2D eigenvalue weighted by Crippen LogP contribution is -2.18. The SMILES string of the molecule is O=C(COc1ccccc1[N+](=O)[O-])OCCOc1ccc([N+](=O)[O-])cc1. The average molecular weight is 362 g/mol. The summed E-state index contributed by atoms with van der Waals surface area (Å²) in [6, 6.07) is 11.1. The van der Waals surface area contributed by atoms with Crippen LogP contribution in [0.3, 0.4) is 0 Å². The van der Waals surface area contributed by atoms with Crippen molar-refractivity contribution in [1.82, 2.24) is 0 Å². The van der Waals surface area contributed by atoms with Crippen LogP contribution in [0.4, 0.5) is 11.4 Å². The summed E-state index contributed by atoms with van der Waals surface area (Å²) in [7, 11) is 0. The molecule has 0 aliphatic heterocycles. The topological polar surface area (TPSA) is 131 Å². The monoisotopic (exact) mass is 362 g/mol. The number of hydrogen-bond donors (Lipinski definition) is 0. The molecule has 0 saturated heterocycles. The Bertz CT molecular complexity index is 791. The van der Waals surface area contributed by atoms with Gasteiger partial charge in [-0.25, -0.2) is 4.79 Å². The van der Waals surface area contributed by atoms with E-state index in [9.17, 15) is 25.0 Å². The van der Waals surface area contributed by atoms with E-state index >= 15 is 0 Å². The Morgan fingerprint density at radius 1 is 0.885 bits per heavy atom. The molecule has 0 spiro atoms. The number of carbonyl (C=O) groups excluding carboxylic acids is 1. The number of ether oxygens (including phenoxy) is 3. The molecule has 0 saturated carbocycles. The maximum absolute atomic E-state index is 11.6. The van der Waals surface area contributed by atoms with Crippen LogP contribution in [0, 0.1) is 20.2 Å². The second-order valence-electron chi connectivity index (χ2n) is 4.83. The van der Waals surface area contributed by atoms with E-state index in [-0.39, 0.29) is 30.3 Å². The van der Waals surface area contributed by atoms with Crippen LogP contribution in [0.25, 0.3) is 0 Å². The molecular formula is C16H14N2O8. The average Bonchev–Trinajstić information content (AvgIpc) is 2.64. The van der Waals surface area contributed by atoms with Crippen molar-refractivity contribution in [2.45, 2.75) is 0 Å². The summed E-state index contributed by atoms with van der Waals surface area (Å²) in [6.07, 6.45) is 0. The Morgan fingerprint density at radius 3 is 2.23 bits per heavy atom. The summed E-state index contributed by atoms with van der Waals surface area (Å²) in [6.45, 7) is -0.520. The first-order chi connectivity index (χ1) is 12.5. The summed E-state index contributed by atoms with van der Waals surface area (Å²) in [5.41, 5.74) is -0.308. The maximum atomic E-state index is 11.6. The van der Waals surface area contributed by atoms with Crippen LogP contribution in [0.1, 0.15) is 0 Å². The summed E-state index contributed by atoms with van der Waals surface area (Å²) < 4.78 is 15.2. The number of esters is 1. The van der Waals surface area contributed by atoms with Crippen LogP contribution in [0.15, 0.2) is 48.5 Å². The fourth-order valence-electron chi connectivity index (χ4n) is 1.89. The molecule has 0 fully saturated rings. The zero-order valence-corrected chi connectivity index (χ0v) is 13.4. The molecule has 10 nitrogen and oxygen atoms in total. The zero-order chi connectivity index (χ0) is 18.9.